The van der Waals surface area contributed by atoms with Crippen LogP contribution in [0.3, 0.4) is 0 Å². The molecule has 2 rings (SSSR count). The summed E-state index contributed by atoms with van der Waals surface area (Å²) in [7, 11) is 0. The zero-order valence-corrected chi connectivity index (χ0v) is 11.4. The minimum Gasteiger partial charge on any atom is -0.385 e. The minimum absolute atomic E-state index is 0.109. The fourth-order valence-electron chi connectivity index (χ4n) is 2.07. The number of hydrogen-bond acceptors (Lipinski definition) is 5. The molecule has 1 unspecified atom stereocenters. The van der Waals surface area contributed by atoms with E-state index in [2.05, 4.69) is 5.32 Å². The van der Waals surface area contributed by atoms with Gasteiger partial charge in [-0.25, -0.2) is 0 Å². The van der Waals surface area contributed by atoms with E-state index in [1.165, 1.54) is 12.1 Å². The Hall–Kier alpha value is -1.66. The molecule has 6 nitrogen and oxygen atoms in total. The van der Waals surface area contributed by atoms with E-state index in [0.29, 0.717) is 5.92 Å². The highest BCUT2D eigenvalue weighted by atomic mass is 16.6. The molecule has 0 aliphatic carbocycles. The Kier molecular flexibility index (Phi) is 5.76. The summed E-state index contributed by atoms with van der Waals surface area (Å²) in [5.74, 6) is 0.553. The van der Waals surface area contributed by atoms with Crippen LogP contribution >= 0.6 is 0 Å². The van der Waals surface area contributed by atoms with Crippen molar-refractivity contribution in [2.24, 2.45) is 5.92 Å². The molecule has 1 aliphatic heterocycles. The maximum Gasteiger partial charge on any atom is 0.269 e. The maximum absolute atomic E-state index is 10.5. The second-order valence-electron chi connectivity index (χ2n) is 4.89. The van der Waals surface area contributed by atoms with Crippen LogP contribution in [0.1, 0.15) is 12.8 Å². The minimum atomic E-state index is -0.398. The average Bonchev–Trinajstić information content (AvgIpc) is 2.96. The first-order chi connectivity index (χ1) is 9.75. The molecule has 0 aromatic heterocycles. The molecule has 0 radical (unpaired) electrons. The van der Waals surface area contributed by atoms with Gasteiger partial charge in [0, 0.05) is 43.5 Å². The van der Waals surface area contributed by atoms with Gasteiger partial charge in [0.2, 0.25) is 0 Å². The van der Waals surface area contributed by atoms with Crippen LogP contribution in [0.2, 0.25) is 0 Å². The molecule has 1 aromatic rings. The van der Waals surface area contributed by atoms with Crippen LogP contribution in [0, 0.1) is 16.0 Å². The van der Waals surface area contributed by atoms with E-state index in [-0.39, 0.29) is 5.69 Å². The lowest BCUT2D eigenvalue weighted by molar-refractivity contribution is -0.384. The fraction of sp³-hybridized carbons (Fsp3) is 0.571. The molecule has 0 saturated carbocycles. The van der Waals surface area contributed by atoms with Crippen molar-refractivity contribution in [2.45, 2.75) is 12.8 Å². The highest BCUT2D eigenvalue weighted by Gasteiger charge is 2.15. The number of nitrogens with zero attached hydrogens (tertiary/aromatic N) is 1. The Balaban J connectivity index is 1.55. The van der Waals surface area contributed by atoms with Gasteiger partial charge in [0.25, 0.3) is 5.69 Å². The lowest BCUT2D eigenvalue weighted by atomic mass is 10.1. The number of anilines is 1. The first-order valence-corrected chi connectivity index (χ1v) is 6.89. The molecule has 1 atom stereocenters. The summed E-state index contributed by atoms with van der Waals surface area (Å²) in [6.07, 6.45) is 2.01. The van der Waals surface area contributed by atoms with Crippen LogP contribution < -0.4 is 5.32 Å². The lowest BCUT2D eigenvalue weighted by Gasteiger charge is -2.09. The molecular formula is C14H20N2O4. The van der Waals surface area contributed by atoms with Gasteiger partial charge in [0.05, 0.1) is 18.1 Å². The Labute approximate surface area is 118 Å². The number of non-ortho nitro benzene ring substituents is 1. The average molecular weight is 280 g/mol. The zero-order chi connectivity index (χ0) is 14.2. The molecule has 0 spiro atoms. The highest BCUT2D eigenvalue weighted by Crippen LogP contribution is 2.15. The molecule has 1 aliphatic rings. The fourth-order valence-corrected chi connectivity index (χ4v) is 2.07. The topological polar surface area (TPSA) is 73.6 Å². The number of ether oxygens (including phenoxy) is 2. The SMILES string of the molecule is O=[N+]([O-])c1ccc(NCCCOCC2CCOC2)cc1. The summed E-state index contributed by atoms with van der Waals surface area (Å²) >= 11 is 0. The van der Waals surface area contributed by atoms with Crippen LogP contribution in [-0.2, 0) is 9.47 Å². The number of benzene rings is 1. The Bertz CT molecular complexity index is 416. The van der Waals surface area contributed by atoms with Crippen LogP contribution in [0.5, 0.6) is 0 Å². The van der Waals surface area contributed by atoms with Gasteiger partial charge in [-0.1, -0.05) is 0 Å². The van der Waals surface area contributed by atoms with Crippen molar-refractivity contribution in [3.05, 3.63) is 34.4 Å². The van der Waals surface area contributed by atoms with Crippen molar-refractivity contribution < 1.29 is 14.4 Å². The van der Waals surface area contributed by atoms with E-state index in [9.17, 15) is 10.1 Å². The maximum atomic E-state index is 10.5. The van der Waals surface area contributed by atoms with E-state index >= 15 is 0 Å². The van der Waals surface area contributed by atoms with E-state index in [4.69, 9.17) is 9.47 Å². The third-order valence-corrected chi connectivity index (χ3v) is 3.25. The normalized spacial score (nSPS) is 18.1. The quantitative estimate of drug-likeness (QED) is 0.450. The van der Waals surface area contributed by atoms with E-state index in [0.717, 1.165) is 51.5 Å². The van der Waals surface area contributed by atoms with Gasteiger partial charge in [0.1, 0.15) is 0 Å². The molecule has 0 amide bonds. The number of nitro groups is 1. The number of nitrogens with one attached hydrogen (secondary N) is 1. The molecule has 1 saturated heterocycles. The summed E-state index contributed by atoms with van der Waals surface area (Å²) in [5.41, 5.74) is 0.998. The first-order valence-electron chi connectivity index (χ1n) is 6.89. The first kappa shape index (κ1) is 14.7. The predicted octanol–water partition coefficient (Wildman–Crippen LogP) is 2.45. The van der Waals surface area contributed by atoms with Gasteiger partial charge in [0.15, 0.2) is 0 Å². The molecule has 110 valence electrons. The summed E-state index contributed by atoms with van der Waals surface area (Å²) in [5, 5.41) is 13.7. The van der Waals surface area contributed by atoms with Gasteiger partial charge in [-0.3, -0.25) is 10.1 Å². The van der Waals surface area contributed by atoms with Crippen molar-refractivity contribution in [1.82, 2.24) is 0 Å². The van der Waals surface area contributed by atoms with Crippen LogP contribution in [-0.4, -0.2) is 37.9 Å². The number of nitro benzene ring substituents is 1. The highest BCUT2D eigenvalue weighted by molar-refractivity contribution is 5.48. The van der Waals surface area contributed by atoms with E-state index < -0.39 is 4.92 Å². The second-order valence-corrected chi connectivity index (χ2v) is 4.89. The molecule has 1 aromatic carbocycles. The summed E-state index contributed by atoms with van der Waals surface area (Å²) < 4.78 is 10.9. The number of rotatable bonds is 8. The van der Waals surface area contributed by atoms with E-state index in [1.54, 1.807) is 12.1 Å². The van der Waals surface area contributed by atoms with Crippen molar-refractivity contribution in [3.8, 4) is 0 Å². The molecule has 1 N–H and O–H groups in total. The molecule has 1 heterocycles. The van der Waals surface area contributed by atoms with Crippen molar-refractivity contribution in [3.63, 3.8) is 0 Å². The lowest BCUT2D eigenvalue weighted by Crippen LogP contribution is -2.12. The van der Waals surface area contributed by atoms with Crippen LogP contribution in [0.25, 0.3) is 0 Å². The second kappa shape index (κ2) is 7.81. The molecule has 1 fully saturated rings. The standard InChI is InChI=1S/C14H20N2O4/c17-16(18)14-4-2-13(3-5-14)15-7-1-8-19-10-12-6-9-20-11-12/h2-5,12,15H,1,6-11H2. The Morgan fingerprint density at radius 3 is 2.85 bits per heavy atom. The molecule has 6 heteroatoms. The molecular weight excluding hydrogens is 260 g/mol. The van der Waals surface area contributed by atoms with Gasteiger partial charge >= 0.3 is 0 Å². The zero-order valence-electron chi connectivity index (χ0n) is 11.4. The summed E-state index contributed by atoms with van der Waals surface area (Å²) in [4.78, 5) is 10.1. The predicted molar refractivity (Wildman–Crippen MR) is 75.9 cm³/mol. The van der Waals surface area contributed by atoms with Crippen molar-refractivity contribution in [2.75, 3.05) is 38.3 Å². The third kappa shape index (κ3) is 4.79. The van der Waals surface area contributed by atoms with Gasteiger partial charge in [-0.05, 0) is 25.0 Å². The third-order valence-electron chi connectivity index (χ3n) is 3.25. The summed E-state index contributed by atoms with van der Waals surface area (Å²) in [6.45, 7) is 3.96. The Morgan fingerprint density at radius 1 is 1.40 bits per heavy atom. The van der Waals surface area contributed by atoms with E-state index in [1.807, 2.05) is 0 Å². The summed E-state index contributed by atoms with van der Waals surface area (Å²) in [6, 6.07) is 6.43. The van der Waals surface area contributed by atoms with Crippen LogP contribution in [0.15, 0.2) is 24.3 Å². The molecule has 0 bridgehead atoms. The van der Waals surface area contributed by atoms with Gasteiger partial charge in [-0.2, -0.15) is 0 Å². The monoisotopic (exact) mass is 280 g/mol. The number of hydrogen-bond donors (Lipinski definition) is 1. The molecule has 20 heavy (non-hydrogen) atoms. The Morgan fingerprint density at radius 2 is 2.20 bits per heavy atom. The van der Waals surface area contributed by atoms with Gasteiger partial charge in [-0.15, -0.1) is 0 Å². The van der Waals surface area contributed by atoms with Crippen molar-refractivity contribution in [1.29, 1.82) is 0 Å². The largest absolute Gasteiger partial charge is 0.385 e. The van der Waals surface area contributed by atoms with Gasteiger partial charge < -0.3 is 14.8 Å². The van der Waals surface area contributed by atoms with Crippen molar-refractivity contribution >= 4 is 11.4 Å². The van der Waals surface area contributed by atoms with Crippen LogP contribution in [0.4, 0.5) is 11.4 Å². The smallest absolute Gasteiger partial charge is 0.269 e.